The van der Waals surface area contributed by atoms with E-state index in [1.54, 1.807) is 19.9 Å². The summed E-state index contributed by atoms with van der Waals surface area (Å²) in [5.41, 5.74) is -2.77. The van der Waals surface area contributed by atoms with Gasteiger partial charge in [0.25, 0.3) is 11.5 Å². The Kier molecular flexibility index (Phi) is 5.67. The van der Waals surface area contributed by atoms with Crippen LogP contribution >= 0.6 is 0 Å². The quantitative estimate of drug-likeness (QED) is 0.708. The van der Waals surface area contributed by atoms with Crippen LogP contribution in [0.3, 0.4) is 0 Å². The number of para-hydroxylation sites is 1. The van der Waals surface area contributed by atoms with Crippen molar-refractivity contribution in [2.24, 2.45) is 0 Å². The number of carbonyl (C=O) groups is 1. The summed E-state index contributed by atoms with van der Waals surface area (Å²) in [6.07, 6.45) is 0. The Bertz CT molecular complexity index is 1180. The summed E-state index contributed by atoms with van der Waals surface area (Å²) in [6.45, 7) is 2.93. The Labute approximate surface area is 164 Å². The summed E-state index contributed by atoms with van der Waals surface area (Å²) in [6, 6.07) is 10.6. The predicted octanol–water partition coefficient (Wildman–Crippen LogP) is 1.86. The minimum absolute atomic E-state index is 0.0631. The lowest BCUT2D eigenvalue weighted by atomic mass is 10.2. The smallest absolute Gasteiger partial charge is 0.348 e. The Morgan fingerprint density at radius 2 is 1.66 bits per heavy atom. The van der Waals surface area contributed by atoms with Gasteiger partial charge < -0.3 is 5.32 Å². The van der Waals surface area contributed by atoms with Crippen molar-refractivity contribution in [3.05, 3.63) is 92.3 Å². The van der Waals surface area contributed by atoms with Crippen LogP contribution in [-0.2, 0) is 6.54 Å². The topological polar surface area (TPSA) is 86.0 Å². The van der Waals surface area contributed by atoms with E-state index in [0.717, 1.165) is 6.07 Å². The first-order valence-corrected chi connectivity index (χ1v) is 8.83. The molecule has 3 aromatic rings. The molecule has 0 spiro atoms. The van der Waals surface area contributed by atoms with Crippen LogP contribution in [-0.4, -0.2) is 26.3 Å². The van der Waals surface area contributed by atoms with Gasteiger partial charge in [0.05, 0.1) is 6.54 Å². The molecule has 0 aliphatic heterocycles. The molecular weight excluding hydrogens is 382 g/mol. The Balaban J connectivity index is 2.26. The lowest BCUT2D eigenvalue weighted by Gasteiger charge is -2.14. The van der Waals surface area contributed by atoms with Gasteiger partial charge in [-0.3, -0.25) is 14.2 Å². The van der Waals surface area contributed by atoms with Crippen LogP contribution in [0.25, 0.3) is 5.69 Å². The summed E-state index contributed by atoms with van der Waals surface area (Å²) in [5.74, 6) is -2.22. The molecule has 1 heterocycles. The van der Waals surface area contributed by atoms with Gasteiger partial charge >= 0.3 is 5.69 Å². The van der Waals surface area contributed by atoms with Crippen LogP contribution in [0.15, 0.2) is 58.1 Å². The number of rotatable bonds is 5. The van der Waals surface area contributed by atoms with Gasteiger partial charge in [0.15, 0.2) is 0 Å². The zero-order valence-electron chi connectivity index (χ0n) is 15.7. The van der Waals surface area contributed by atoms with Crippen molar-refractivity contribution >= 4 is 5.91 Å². The highest BCUT2D eigenvalue weighted by Crippen LogP contribution is 2.10. The zero-order valence-corrected chi connectivity index (χ0v) is 15.7. The highest BCUT2D eigenvalue weighted by molar-refractivity contribution is 5.91. The van der Waals surface area contributed by atoms with Crippen molar-refractivity contribution in [3.63, 3.8) is 0 Å². The first kappa shape index (κ1) is 20.1. The molecule has 0 saturated carbocycles. The van der Waals surface area contributed by atoms with Crippen LogP contribution in [0.5, 0.6) is 0 Å². The molecule has 7 nitrogen and oxygen atoms in total. The zero-order chi connectivity index (χ0) is 21.1. The summed E-state index contributed by atoms with van der Waals surface area (Å²) in [5, 5.41) is 6.32. The van der Waals surface area contributed by atoms with E-state index in [1.165, 1.54) is 36.4 Å². The second-order valence-corrected chi connectivity index (χ2v) is 6.61. The molecule has 0 aliphatic carbocycles. The lowest BCUT2D eigenvalue weighted by molar-refractivity contribution is 0.0933. The monoisotopic (exact) mass is 400 g/mol. The van der Waals surface area contributed by atoms with E-state index in [0.29, 0.717) is 9.25 Å². The van der Waals surface area contributed by atoms with Crippen molar-refractivity contribution in [2.75, 3.05) is 0 Å². The molecule has 9 heteroatoms. The van der Waals surface area contributed by atoms with E-state index in [4.69, 9.17) is 0 Å². The standard InChI is InChI=1S/C20H18F2N4O3/c1-12(2)23-18(27)17-19(28)25(11-13-7-3-4-8-14(13)21)20(29)26(24-17)16-10-6-5-9-15(16)22/h3-10,12H,11H2,1-2H3,(H,23,27). The molecule has 0 bridgehead atoms. The van der Waals surface area contributed by atoms with Gasteiger partial charge in [-0.05, 0) is 32.0 Å². The minimum Gasteiger partial charge on any atom is -0.348 e. The maximum atomic E-state index is 14.3. The number of nitrogens with zero attached hydrogens (tertiary/aromatic N) is 3. The average molecular weight is 400 g/mol. The first-order valence-electron chi connectivity index (χ1n) is 8.83. The van der Waals surface area contributed by atoms with Crippen molar-refractivity contribution in [1.29, 1.82) is 0 Å². The fourth-order valence-corrected chi connectivity index (χ4v) is 2.70. The fraction of sp³-hybridized carbons (Fsp3) is 0.200. The molecular formula is C20H18F2N4O3. The number of hydrogen-bond donors (Lipinski definition) is 1. The molecule has 0 radical (unpaired) electrons. The van der Waals surface area contributed by atoms with Crippen LogP contribution < -0.4 is 16.6 Å². The van der Waals surface area contributed by atoms with E-state index in [2.05, 4.69) is 10.4 Å². The molecule has 0 saturated heterocycles. The maximum absolute atomic E-state index is 14.3. The highest BCUT2D eigenvalue weighted by Gasteiger charge is 2.22. The molecule has 1 N–H and O–H groups in total. The summed E-state index contributed by atoms with van der Waals surface area (Å²) in [7, 11) is 0. The molecule has 0 aliphatic rings. The molecule has 0 atom stereocenters. The van der Waals surface area contributed by atoms with Crippen molar-refractivity contribution < 1.29 is 13.6 Å². The van der Waals surface area contributed by atoms with Gasteiger partial charge in [-0.2, -0.15) is 9.78 Å². The number of halogens is 2. The summed E-state index contributed by atoms with van der Waals surface area (Å²) >= 11 is 0. The number of benzene rings is 2. The third-order valence-corrected chi connectivity index (χ3v) is 4.06. The maximum Gasteiger partial charge on any atom is 0.352 e. The van der Waals surface area contributed by atoms with E-state index in [1.807, 2.05) is 0 Å². The molecule has 150 valence electrons. The van der Waals surface area contributed by atoms with Crippen LogP contribution in [0.4, 0.5) is 8.78 Å². The second kappa shape index (κ2) is 8.17. The lowest BCUT2D eigenvalue weighted by Crippen LogP contribution is -2.47. The molecule has 0 fully saturated rings. The van der Waals surface area contributed by atoms with Crippen molar-refractivity contribution in [2.45, 2.75) is 26.4 Å². The third-order valence-electron chi connectivity index (χ3n) is 4.06. The summed E-state index contributed by atoms with van der Waals surface area (Å²) in [4.78, 5) is 38.2. The SMILES string of the molecule is CC(C)NC(=O)c1nn(-c2ccccc2F)c(=O)n(Cc2ccccc2F)c1=O. The largest absolute Gasteiger partial charge is 0.352 e. The number of aromatic nitrogens is 3. The van der Waals surface area contributed by atoms with E-state index in [9.17, 15) is 23.2 Å². The molecule has 1 amide bonds. The molecule has 29 heavy (non-hydrogen) atoms. The van der Waals surface area contributed by atoms with Crippen LogP contribution in [0.1, 0.15) is 29.9 Å². The Morgan fingerprint density at radius 1 is 1.03 bits per heavy atom. The number of nitrogens with one attached hydrogen (secondary N) is 1. The van der Waals surface area contributed by atoms with Crippen molar-refractivity contribution in [3.8, 4) is 5.69 Å². The van der Waals surface area contributed by atoms with E-state index < -0.39 is 41.0 Å². The second-order valence-electron chi connectivity index (χ2n) is 6.61. The highest BCUT2D eigenvalue weighted by atomic mass is 19.1. The van der Waals surface area contributed by atoms with Crippen molar-refractivity contribution in [1.82, 2.24) is 19.7 Å². The first-order chi connectivity index (χ1) is 13.8. The molecule has 1 aromatic heterocycles. The van der Waals surface area contributed by atoms with Gasteiger partial charge in [-0.1, -0.05) is 30.3 Å². The van der Waals surface area contributed by atoms with Gasteiger partial charge in [0.1, 0.15) is 17.3 Å². The minimum atomic E-state index is -0.996. The van der Waals surface area contributed by atoms with Crippen LogP contribution in [0, 0.1) is 11.6 Å². The van der Waals surface area contributed by atoms with Gasteiger partial charge in [-0.25, -0.2) is 13.6 Å². The van der Waals surface area contributed by atoms with E-state index >= 15 is 0 Å². The molecule has 3 rings (SSSR count). The number of amides is 1. The fourth-order valence-electron chi connectivity index (χ4n) is 2.70. The average Bonchev–Trinajstić information content (AvgIpc) is 2.67. The van der Waals surface area contributed by atoms with Gasteiger partial charge in [0.2, 0.25) is 5.69 Å². The summed E-state index contributed by atoms with van der Waals surface area (Å²) < 4.78 is 29.6. The van der Waals surface area contributed by atoms with Gasteiger partial charge in [0, 0.05) is 11.6 Å². The van der Waals surface area contributed by atoms with Gasteiger partial charge in [-0.15, -0.1) is 0 Å². The predicted molar refractivity (Wildman–Crippen MR) is 102 cm³/mol. The van der Waals surface area contributed by atoms with Crippen LogP contribution in [0.2, 0.25) is 0 Å². The Morgan fingerprint density at radius 3 is 2.28 bits per heavy atom. The third kappa shape index (κ3) is 4.13. The van der Waals surface area contributed by atoms with E-state index in [-0.39, 0.29) is 17.3 Å². The molecule has 0 unspecified atom stereocenters. The normalized spacial score (nSPS) is 10.9. The Hall–Kier alpha value is -3.62. The molecule has 2 aromatic carbocycles. The number of hydrogen-bond acceptors (Lipinski definition) is 4. The number of carbonyl (C=O) groups excluding carboxylic acids is 1.